The van der Waals surface area contributed by atoms with Gasteiger partial charge in [0.2, 0.25) is 0 Å². The second-order valence-electron chi connectivity index (χ2n) is 4.76. The van der Waals surface area contributed by atoms with Gasteiger partial charge in [-0.1, -0.05) is 13.8 Å². The van der Waals surface area contributed by atoms with Gasteiger partial charge in [-0.15, -0.1) is 11.3 Å². The summed E-state index contributed by atoms with van der Waals surface area (Å²) in [6.07, 6.45) is 0.128. The molecule has 90 valence electrons. The van der Waals surface area contributed by atoms with Crippen LogP contribution in [0, 0.1) is 6.92 Å². The second kappa shape index (κ2) is 4.41. The topological polar surface area (TPSA) is 53.4 Å². The van der Waals surface area contributed by atoms with Crippen LogP contribution < -0.4 is 4.90 Å². The highest BCUT2D eigenvalue weighted by molar-refractivity contribution is 7.15. The molecule has 0 aliphatic heterocycles. The molecular formula is C11H18N2O2S. The number of nitrogens with zero attached hydrogens (tertiary/aromatic N) is 2. The van der Waals surface area contributed by atoms with Gasteiger partial charge in [-0.3, -0.25) is 4.79 Å². The number of carboxylic acid groups (broad SMARTS) is 1. The molecule has 1 aromatic heterocycles. The fraction of sp³-hybridized carbons (Fsp3) is 0.636. The van der Waals surface area contributed by atoms with E-state index in [0.29, 0.717) is 0 Å². The molecule has 0 atom stereocenters. The van der Waals surface area contributed by atoms with Crippen LogP contribution in [0.2, 0.25) is 0 Å². The van der Waals surface area contributed by atoms with Crippen LogP contribution in [0.1, 0.15) is 30.8 Å². The van der Waals surface area contributed by atoms with Gasteiger partial charge in [-0.25, -0.2) is 4.98 Å². The van der Waals surface area contributed by atoms with Crippen LogP contribution in [0.5, 0.6) is 0 Å². The summed E-state index contributed by atoms with van der Waals surface area (Å²) in [4.78, 5) is 18.2. The van der Waals surface area contributed by atoms with E-state index in [2.05, 4.69) is 4.98 Å². The Morgan fingerprint density at radius 1 is 1.50 bits per heavy atom. The maximum absolute atomic E-state index is 10.8. The van der Waals surface area contributed by atoms with Gasteiger partial charge in [0.1, 0.15) is 0 Å². The first-order valence-corrected chi connectivity index (χ1v) is 5.92. The summed E-state index contributed by atoms with van der Waals surface area (Å²) >= 11 is 1.57. The van der Waals surface area contributed by atoms with Gasteiger partial charge < -0.3 is 10.0 Å². The molecule has 0 bridgehead atoms. The fourth-order valence-corrected chi connectivity index (χ4v) is 2.75. The highest BCUT2D eigenvalue weighted by Crippen LogP contribution is 2.36. The van der Waals surface area contributed by atoms with Crippen molar-refractivity contribution in [1.82, 2.24) is 4.98 Å². The summed E-state index contributed by atoms with van der Waals surface area (Å²) < 4.78 is 0. The van der Waals surface area contributed by atoms with Crippen molar-refractivity contribution < 1.29 is 9.90 Å². The zero-order chi connectivity index (χ0) is 12.5. The molecule has 16 heavy (non-hydrogen) atoms. The van der Waals surface area contributed by atoms with Crippen molar-refractivity contribution >= 4 is 22.4 Å². The quantitative estimate of drug-likeness (QED) is 0.880. The molecule has 0 aromatic carbocycles. The molecule has 0 unspecified atom stereocenters. The summed E-state index contributed by atoms with van der Waals surface area (Å²) in [5.74, 6) is -0.774. The molecule has 0 saturated heterocycles. The number of aromatic nitrogens is 1. The van der Waals surface area contributed by atoms with Crippen LogP contribution in [0.15, 0.2) is 0 Å². The Labute approximate surface area is 99.9 Å². The maximum Gasteiger partial charge on any atom is 0.304 e. The Bertz CT molecular complexity index is 397. The number of carbonyl (C=O) groups is 1. The largest absolute Gasteiger partial charge is 0.481 e. The van der Waals surface area contributed by atoms with Gasteiger partial charge in [0.25, 0.3) is 0 Å². The molecule has 1 rings (SSSR count). The average Bonchev–Trinajstić information content (AvgIpc) is 2.45. The van der Waals surface area contributed by atoms with Gasteiger partial charge in [0.05, 0.1) is 12.1 Å². The highest BCUT2D eigenvalue weighted by atomic mass is 32.1. The van der Waals surface area contributed by atoms with Crippen LogP contribution in [-0.4, -0.2) is 30.2 Å². The highest BCUT2D eigenvalue weighted by Gasteiger charge is 2.29. The lowest BCUT2D eigenvalue weighted by Gasteiger charge is -2.21. The Hall–Kier alpha value is -1.10. The molecule has 0 aliphatic rings. The third-order valence-electron chi connectivity index (χ3n) is 2.38. The van der Waals surface area contributed by atoms with Crippen LogP contribution in [0.4, 0.5) is 5.13 Å². The summed E-state index contributed by atoms with van der Waals surface area (Å²) in [5, 5.41) is 9.81. The number of carboxylic acids is 1. The molecular weight excluding hydrogens is 224 g/mol. The molecule has 0 saturated carbocycles. The van der Waals surface area contributed by atoms with E-state index in [1.807, 2.05) is 39.8 Å². The molecule has 0 fully saturated rings. The monoisotopic (exact) mass is 242 g/mol. The first kappa shape index (κ1) is 13.0. The normalized spacial score (nSPS) is 11.6. The van der Waals surface area contributed by atoms with Crippen LogP contribution in [0.3, 0.4) is 0 Å². The van der Waals surface area contributed by atoms with Gasteiger partial charge in [0, 0.05) is 24.4 Å². The van der Waals surface area contributed by atoms with E-state index in [0.717, 1.165) is 15.7 Å². The maximum atomic E-state index is 10.8. The number of aliphatic carboxylic acids is 1. The minimum absolute atomic E-state index is 0.128. The van der Waals surface area contributed by atoms with Crippen molar-refractivity contribution in [1.29, 1.82) is 0 Å². The molecule has 0 spiro atoms. The molecule has 0 aliphatic carbocycles. The lowest BCUT2D eigenvalue weighted by Crippen LogP contribution is -2.21. The zero-order valence-electron chi connectivity index (χ0n) is 10.4. The van der Waals surface area contributed by atoms with Crippen molar-refractivity contribution in [3.05, 3.63) is 10.6 Å². The second-order valence-corrected chi connectivity index (χ2v) is 5.74. The Balaban J connectivity index is 3.07. The van der Waals surface area contributed by atoms with Crippen LogP contribution in [-0.2, 0) is 10.2 Å². The minimum atomic E-state index is -0.774. The predicted molar refractivity (Wildman–Crippen MR) is 66.5 cm³/mol. The molecule has 1 N–H and O–H groups in total. The summed E-state index contributed by atoms with van der Waals surface area (Å²) in [6.45, 7) is 5.82. The standard InChI is InChI=1S/C11H18N2O2S/c1-7-9(11(2,3)6-8(14)15)16-10(12-7)13(4)5/h6H2,1-5H3,(H,14,15). The van der Waals surface area contributed by atoms with Crippen LogP contribution in [0.25, 0.3) is 0 Å². The number of anilines is 1. The third kappa shape index (κ3) is 2.72. The molecule has 5 heteroatoms. The first-order chi connectivity index (χ1) is 7.24. The lowest BCUT2D eigenvalue weighted by atomic mass is 9.87. The Kier molecular flexibility index (Phi) is 3.57. The van der Waals surface area contributed by atoms with Gasteiger partial charge in [-0.05, 0) is 6.92 Å². The SMILES string of the molecule is Cc1nc(N(C)C)sc1C(C)(C)CC(=O)O. The van der Waals surface area contributed by atoms with E-state index in [1.54, 1.807) is 11.3 Å². The van der Waals surface area contributed by atoms with Gasteiger partial charge in [0.15, 0.2) is 5.13 Å². The Morgan fingerprint density at radius 3 is 2.44 bits per heavy atom. The molecule has 1 aromatic rings. The number of thiazole rings is 1. The van der Waals surface area contributed by atoms with Crippen molar-refractivity contribution in [3.63, 3.8) is 0 Å². The van der Waals surface area contributed by atoms with Crippen molar-refractivity contribution in [2.45, 2.75) is 32.6 Å². The van der Waals surface area contributed by atoms with Crippen molar-refractivity contribution in [3.8, 4) is 0 Å². The number of hydrogen-bond acceptors (Lipinski definition) is 4. The lowest BCUT2D eigenvalue weighted by molar-refractivity contribution is -0.138. The van der Waals surface area contributed by atoms with E-state index >= 15 is 0 Å². The number of rotatable bonds is 4. The van der Waals surface area contributed by atoms with Gasteiger partial charge >= 0.3 is 5.97 Å². The van der Waals surface area contributed by atoms with E-state index in [9.17, 15) is 4.79 Å². The number of aryl methyl sites for hydroxylation is 1. The third-order valence-corrected chi connectivity index (χ3v) is 4.07. The summed E-state index contributed by atoms with van der Waals surface area (Å²) in [6, 6.07) is 0. The Morgan fingerprint density at radius 2 is 2.06 bits per heavy atom. The van der Waals surface area contributed by atoms with E-state index in [4.69, 9.17) is 5.11 Å². The predicted octanol–water partition coefficient (Wildman–Crippen LogP) is 2.27. The molecule has 1 heterocycles. The van der Waals surface area contributed by atoms with E-state index in [1.165, 1.54) is 0 Å². The number of hydrogen-bond donors (Lipinski definition) is 1. The summed E-state index contributed by atoms with van der Waals surface area (Å²) in [5.41, 5.74) is 0.571. The first-order valence-electron chi connectivity index (χ1n) is 5.11. The van der Waals surface area contributed by atoms with E-state index < -0.39 is 5.97 Å². The fourth-order valence-electron chi connectivity index (χ4n) is 1.66. The van der Waals surface area contributed by atoms with E-state index in [-0.39, 0.29) is 11.8 Å². The zero-order valence-corrected chi connectivity index (χ0v) is 11.2. The summed E-state index contributed by atoms with van der Waals surface area (Å²) in [7, 11) is 3.87. The van der Waals surface area contributed by atoms with Gasteiger partial charge in [-0.2, -0.15) is 0 Å². The van der Waals surface area contributed by atoms with Crippen LogP contribution >= 0.6 is 11.3 Å². The molecule has 4 nitrogen and oxygen atoms in total. The minimum Gasteiger partial charge on any atom is -0.481 e. The average molecular weight is 242 g/mol. The smallest absolute Gasteiger partial charge is 0.304 e. The molecule has 0 amide bonds. The van der Waals surface area contributed by atoms with Crippen molar-refractivity contribution in [2.75, 3.05) is 19.0 Å². The van der Waals surface area contributed by atoms with Crippen molar-refractivity contribution in [2.24, 2.45) is 0 Å². The molecule has 0 radical (unpaired) electrons.